The molecule has 108 valence electrons. The Morgan fingerprint density at radius 1 is 1.26 bits per heavy atom. The second-order valence-electron chi connectivity index (χ2n) is 5.51. The molecule has 0 atom stereocenters. The first kappa shape index (κ1) is 14.6. The van der Waals surface area contributed by atoms with Gasteiger partial charge in [0.2, 0.25) is 0 Å². The van der Waals surface area contributed by atoms with Crippen LogP contribution in [0.25, 0.3) is 0 Å². The van der Waals surface area contributed by atoms with Crippen molar-refractivity contribution in [1.82, 2.24) is 15.1 Å². The minimum Gasteiger partial charge on any atom is -0.465 e. The fourth-order valence-electron chi connectivity index (χ4n) is 2.58. The smallest absolute Gasteiger partial charge is 0.118 e. The third-order valence-electron chi connectivity index (χ3n) is 3.83. The van der Waals surface area contributed by atoms with Gasteiger partial charge in [0, 0.05) is 25.2 Å². The predicted molar refractivity (Wildman–Crippen MR) is 78.2 cm³/mol. The number of furan rings is 1. The van der Waals surface area contributed by atoms with E-state index in [2.05, 4.69) is 42.1 Å². The summed E-state index contributed by atoms with van der Waals surface area (Å²) in [4.78, 5) is 4.96. The summed E-state index contributed by atoms with van der Waals surface area (Å²) < 4.78 is 5.81. The monoisotopic (exact) mass is 265 g/mol. The molecular weight excluding hydrogens is 238 g/mol. The van der Waals surface area contributed by atoms with Gasteiger partial charge in [0.1, 0.15) is 11.5 Å². The van der Waals surface area contributed by atoms with Crippen molar-refractivity contribution in [2.45, 2.75) is 33.4 Å². The highest BCUT2D eigenvalue weighted by Gasteiger charge is 2.15. The molecule has 1 aromatic rings. The van der Waals surface area contributed by atoms with Crippen molar-refractivity contribution in [3.63, 3.8) is 0 Å². The van der Waals surface area contributed by atoms with Crippen LogP contribution in [0.5, 0.6) is 0 Å². The first-order chi connectivity index (χ1) is 9.19. The Morgan fingerprint density at radius 2 is 2.11 bits per heavy atom. The third kappa shape index (κ3) is 4.34. The van der Waals surface area contributed by atoms with Crippen molar-refractivity contribution in [3.8, 4) is 0 Å². The summed E-state index contributed by atoms with van der Waals surface area (Å²) in [5.74, 6) is 2.13. The Hall–Kier alpha value is -0.840. The number of hydrogen-bond acceptors (Lipinski definition) is 4. The molecule has 1 aliphatic rings. The number of rotatable bonds is 5. The lowest BCUT2D eigenvalue weighted by atomic mass is 10.2. The van der Waals surface area contributed by atoms with Gasteiger partial charge in [-0.2, -0.15) is 0 Å². The van der Waals surface area contributed by atoms with Crippen LogP contribution in [0.3, 0.4) is 0 Å². The lowest BCUT2D eigenvalue weighted by molar-refractivity contribution is 0.267. The molecule has 0 bridgehead atoms. The van der Waals surface area contributed by atoms with Crippen LogP contribution in [-0.2, 0) is 13.1 Å². The molecule has 2 heterocycles. The zero-order valence-corrected chi connectivity index (χ0v) is 12.5. The van der Waals surface area contributed by atoms with Crippen LogP contribution in [0.15, 0.2) is 10.5 Å². The Bertz CT molecular complexity index is 389. The van der Waals surface area contributed by atoms with E-state index < -0.39 is 0 Å². The topological polar surface area (TPSA) is 31.6 Å². The molecule has 1 aliphatic heterocycles. The van der Waals surface area contributed by atoms with Gasteiger partial charge in [0.15, 0.2) is 0 Å². The third-order valence-corrected chi connectivity index (χ3v) is 3.83. The second-order valence-corrected chi connectivity index (χ2v) is 5.51. The molecule has 1 saturated heterocycles. The van der Waals surface area contributed by atoms with E-state index in [9.17, 15) is 0 Å². The van der Waals surface area contributed by atoms with Gasteiger partial charge in [-0.15, -0.1) is 0 Å². The SMILES string of the molecule is CCNCc1cc(CN2CCCN(C)CC2)c(C)o1. The maximum absolute atomic E-state index is 5.81. The largest absolute Gasteiger partial charge is 0.465 e. The maximum Gasteiger partial charge on any atom is 0.118 e. The molecule has 0 aromatic carbocycles. The van der Waals surface area contributed by atoms with Crippen LogP contribution in [-0.4, -0.2) is 49.6 Å². The number of likely N-dealkylation sites (N-methyl/N-ethyl adjacent to an activating group) is 1. The van der Waals surface area contributed by atoms with E-state index in [0.717, 1.165) is 37.7 Å². The predicted octanol–water partition coefficient (Wildman–Crippen LogP) is 1.84. The molecule has 0 unspecified atom stereocenters. The van der Waals surface area contributed by atoms with Crippen LogP contribution >= 0.6 is 0 Å². The van der Waals surface area contributed by atoms with Gasteiger partial charge in [-0.3, -0.25) is 4.90 Å². The summed E-state index contributed by atoms with van der Waals surface area (Å²) in [5.41, 5.74) is 1.34. The molecule has 2 rings (SSSR count). The zero-order valence-electron chi connectivity index (χ0n) is 12.5. The maximum atomic E-state index is 5.81. The molecule has 0 radical (unpaired) electrons. The molecule has 1 N–H and O–H groups in total. The zero-order chi connectivity index (χ0) is 13.7. The number of nitrogens with one attached hydrogen (secondary N) is 1. The van der Waals surface area contributed by atoms with Crippen molar-refractivity contribution in [3.05, 3.63) is 23.2 Å². The van der Waals surface area contributed by atoms with E-state index in [4.69, 9.17) is 4.42 Å². The normalized spacial score (nSPS) is 18.7. The van der Waals surface area contributed by atoms with E-state index in [0.29, 0.717) is 0 Å². The summed E-state index contributed by atoms with van der Waals surface area (Å²) >= 11 is 0. The van der Waals surface area contributed by atoms with Crippen molar-refractivity contribution in [2.75, 3.05) is 39.8 Å². The molecule has 0 spiro atoms. The fourth-order valence-corrected chi connectivity index (χ4v) is 2.58. The Labute approximate surface area is 116 Å². The molecule has 19 heavy (non-hydrogen) atoms. The van der Waals surface area contributed by atoms with E-state index in [1.165, 1.54) is 31.6 Å². The Kier molecular flexibility index (Phi) is 5.43. The summed E-state index contributed by atoms with van der Waals surface area (Å²) in [7, 11) is 2.21. The van der Waals surface area contributed by atoms with Gasteiger partial charge in [-0.05, 0) is 46.1 Å². The van der Waals surface area contributed by atoms with Crippen molar-refractivity contribution < 1.29 is 4.42 Å². The van der Waals surface area contributed by atoms with Crippen molar-refractivity contribution >= 4 is 0 Å². The molecule has 4 heteroatoms. The molecule has 0 aliphatic carbocycles. The van der Waals surface area contributed by atoms with Crippen LogP contribution in [0.4, 0.5) is 0 Å². The van der Waals surface area contributed by atoms with Gasteiger partial charge in [0.25, 0.3) is 0 Å². The van der Waals surface area contributed by atoms with E-state index in [1.807, 2.05) is 0 Å². The standard InChI is InChI=1S/C15H27N3O/c1-4-16-11-15-10-14(13(2)19-15)12-18-7-5-6-17(3)8-9-18/h10,16H,4-9,11-12H2,1-3H3. The van der Waals surface area contributed by atoms with Crippen LogP contribution in [0.1, 0.15) is 30.4 Å². The average Bonchev–Trinajstić information content (AvgIpc) is 2.59. The van der Waals surface area contributed by atoms with Gasteiger partial charge >= 0.3 is 0 Å². The summed E-state index contributed by atoms with van der Waals surface area (Å²) in [6.07, 6.45) is 1.26. The fraction of sp³-hybridized carbons (Fsp3) is 0.733. The van der Waals surface area contributed by atoms with Crippen LogP contribution in [0.2, 0.25) is 0 Å². The molecule has 1 fully saturated rings. The van der Waals surface area contributed by atoms with Gasteiger partial charge < -0.3 is 14.6 Å². The van der Waals surface area contributed by atoms with Gasteiger partial charge in [0.05, 0.1) is 6.54 Å². The lowest BCUT2D eigenvalue weighted by Crippen LogP contribution is -2.28. The second kappa shape index (κ2) is 7.08. The van der Waals surface area contributed by atoms with Crippen molar-refractivity contribution in [2.24, 2.45) is 0 Å². The molecule has 0 amide bonds. The minimum absolute atomic E-state index is 0.833. The highest BCUT2D eigenvalue weighted by Crippen LogP contribution is 2.17. The highest BCUT2D eigenvalue weighted by molar-refractivity contribution is 5.20. The molecular formula is C15H27N3O. The van der Waals surface area contributed by atoms with Crippen LogP contribution < -0.4 is 5.32 Å². The Balaban J connectivity index is 1.92. The van der Waals surface area contributed by atoms with E-state index in [-0.39, 0.29) is 0 Å². The van der Waals surface area contributed by atoms with Crippen molar-refractivity contribution in [1.29, 1.82) is 0 Å². The summed E-state index contributed by atoms with van der Waals surface area (Å²) in [6, 6.07) is 2.21. The first-order valence-corrected chi connectivity index (χ1v) is 7.39. The molecule has 1 aromatic heterocycles. The van der Waals surface area contributed by atoms with Crippen LogP contribution in [0, 0.1) is 6.92 Å². The molecule has 4 nitrogen and oxygen atoms in total. The van der Waals surface area contributed by atoms with E-state index in [1.54, 1.807) is 0 Å². The Morgan fingerprint density at radius 3 is 2.89 bits per heavy atom. The van der Waals surface area contributed by atoms with Gasteiger partial charge in [-0.25, -0.2) is 0 Å². The summed E-state index contributed by atoms with van der Waals surface area (Å²) in [5, 5.41) is 3.31. The number of aryl methyl sites for hydroxylation is 1. The minimum atomic E-state index is 0.833. The average molecular weight is 265 g/mol. The van der Waals surface area contributed by atoms with E-state index >= 15 is 0 Å². The number of nitrogens with zero attached hydrogens (tertiary/aromatic N) is 2. The highest BCUT2D eigenvalue weighted by atomic mass is 16.3. The lowest BCUT2D eigenvalue weighted by Gasteiger charge is -2.19. The first-order valence-electron chi connectivity index (χ1n) is 7.39. The summed E-state index contributed by atoms with van der Waals surface area (Å²) in [6.45, 7) is 11.8. The quantitative estimate of drug-likeness (QED) is 0.880. The van der Waals surface area contributed by atoms with Gasteiger partial charge in [-0.1, -0.05) is 6.92 Å². The number of hydrogen-bond donors (Lipinski definition) is 1. The molecule has 0 saturated carbocycles.